The summed E-state index contributed by atoms with van der Waals surface area (Å²) in [6, 6.07) is 0. The first-order valence-electron chi connectivity index (χ1n) is 8.64. The maximum atomic E-state index is 10.6. The lowest BCUT2D eigenvalue weighted by atomic mass is 9.85. The van der Waals surface area contributed by atoms with Gasteiger partial charge in [0.05, 0.1) is 11.7 Å². The fourth-order valence-corrected chi connectivity index (χ4v) is 2.78. The minimum absolute atomic E-state index is 0.465. The molecule has 0 fully saturated rings. The topological polar surface area (TPSA) is 40.5 Å². The maximum absolute atomic E-state index is 10.6. The Balaban J connectivity index is 2.98. The zero-order valence-electron chi connectivity index (χ0n) is 15.0. The predicted octanol–water partition coefficient (Wildman–Crippen LogP) is 4.93. The first kappa shape index (κ1) is 19.2. The fourth-order valence-electron chi connectivity index (χ4n) is 2.78. The molecule has 0 heterocycles. The van der Waals surface area contributed by atoms with Crippen molar-refractivity contribution >= 4 is 0 Å². The van der Waals surface area contributed by atoms with Gasteiger partial charge in [-0.05, 0) is 65.2 Å². The lowest BCUT2D eigenvalue weighted by molar-refractivity contribution is -0.0697. The van der Waals surface area contributed by atoms with Crippen LogP contribution < -0.4 is 0 Å². The van der Waals surface area contributed by atoms with Gasteiger partial charge in [0.1, 0.15) is 0 Å². The molecule has 0 spiro atoms. The molecular weight excluding hydrogens is 272 g/mol. The summed E-state index contributed by atoms with van der Waals surface area (Å²) < 4.78 is 0. The van der Waals surface area contributed by atoms with E-state index in [1.807, 2.05) is 0 Å². The van der Waals surface area contributed by atoms with E-state index >= 15 is 0 Å². The van der Waals surface area contributed by atoms with Crippen molar-refractivity contribution in [1.82, 2.24) is 0 Å². The molecule has 1 aliphatic carbocycles. The molecule has 0 radical (unpaired) electrons. The molecule has 0 saturated carbocycles. The quantitative estimate of drug-likeness (QED) is 0.674. The van der Waals surface area contributed by atoms with E-state index in [1.54, 1.807) is 6.92 Å². The van der Waals surface area contributed by atoms with Gasteiger partial charge in [0.25, 0.3) is 0 Å². The molecule has 2 atom stereocenters. The van der Waals surface area contributed by atoms with Crippen molar-refractivity contribution in [3.63, 3.8) is 0 Å². The molecule has 0 aliphatic heterocycles. The highest BCUT2D eigenvalue weighted by Crippen LogP contribution is 2.27. The van der Waals surface area contributed by atoms with Gasteiger partial charge in [-0.2, -0.15) is 0 Å². The van der Waals surface area contributed by atoms with Crippen LogP contribution in [0.25, 0.3) is 0 Å². The smallest absolute Gasteiger partial charge is 0.0880 e. The van der Waals surface area contributed by atoms with Crippen LogP contribution in [-0.4, -0.2) is 21.9 Å². The van der Waals surface area contributed by atoms with Crippen LogP contribution in [0.5, 0.6) is 0 Å². The van der Waals surface area contributed by atoms with Crippen molar-refractivity contribution in [1.29, 1.82) is 0 Å². The van der Waals surface area contributed by atoms with Gasteiger partial charge >= 0.3 is 0 Å². The second-order valence-corrected chi connectivity index (χ2v) is 7.41. The summed E-state index contributed by atoms with van der Waals surface area (Å²) in [5, 5.41) is 20.9. The minimum atomic E-state index is -1.02. The van der Waals surface area contributed by atoms with E-state index in [4.69, 9.17) is 0 Å². The third-order valence-electron chi connectivity index (χ3n) is 4.80. The van der Waals surface area contributed by atoms with Crippen LogP contribution >= 0.6 is 0 Å². The van der Waals surface area contributed by atoms with E-state index < -0.39 is 11.7 Å². The molecule has 0 aromatic carbocycles. The van der Waals surface area contributed by atoms with E-state index in [9.17, 15) is 10.2 Å². The summed E-state index contributed by atoms with van der Waals surface area (Å²) in [6.07, 6.45) is 11.1. The SMILES string of the molecule is CC1=CC=C(C(C)C)CCC(C)(O)C(O)CCC(C)=CCC1. The Morgan fingerprint density at radius 2 is 1.77 bits per heavy atom. The molecule has 126 valence electrons. The van der Waals surface area contributed by atoms with Crippen molar-refractivity contribution < 1.29 is 10.2 Å². The van der Waals surface area contributed by atoms with Crippen LogP contribution in [0.4, 0.5) is 0 Å². The van der Waals surface area contributed by atoms with E-state index in [2.05, 4.69) is 45.9 Å². The van der Waals surface area contributed by atoms with Crippen molar-refractivity contribution in [2.75, 3.05) is 0 Å². The number of hydrogen-bond donors (Lipinski definition) is 2. The Labute approximate surface area is 136 Å². The largest absolute Gasteiger partial charge is 0.390 e. The minimum Gasteiger partial charge on any atom is -0.390 e. The summed E-state index contributed by atoms with van der Waals surface area (Å²) in [5.74, 6) is 0.465. The van der Waals surface area contributed by atoms with Crippen LogP contribution in [0.15, 0.2) is 34.9 Å². The molecule has 2 unspecified atom stereocenters. The Bertz CT molecular complexity index is 439. The third kappa shape index (κ3) is 6.50. The van der Waals surface area contributed by atoms with Gasteiger partial charge in [0.15, 0.2) is 0 Å². The summed E-state index contributed by atoms with van der Waals surface area (Å²) in [4.78, 5) is 0. The average Bonchev–Trinajstić information content (AvgIpc) is 2.43. The van der Waals surface area contributed by atoms with Gasteiger partial charge in [-0.25, -0.2) is 0 Å². The predicted molar refractivity (Wildman–Crippen MR) is 94.8 cm³/mol. The molecule has 0 amide bonds. The van der Waals surface area contributed by atoms with Crippen LogP contribution in [0.1, 0.15) is 73.1 Å². The highest BCUT2D eigenvalue weighted by molar-refractivity contribution is 5.19. The summed E-state index contributed by atoms with van der Waals surface area (Å²) >= 11 is 0. The third-order valence-corrected chi connectivity index (χ3v) is 4.80. The van der Waals surface area contributed by atoms with Crippen molar-refractivity contribution in [3.05, 3.63) is 34.9 Å². The van der Waals surface area contributed by atoms with Crippen LogP contribution in [0.3, 0.4) is 0 Å². The first-order chi connectivity index (χ1) is 10.2. The lowest BCUT2D eigenvalue weighted by Gasteiger charge is -2.30. The highest BCUT2D eigenvalue weighted by Gasteiger charge is 2.30. The molecule has 0 bridgehead atoms. The van der Waals surface area contributed by atoms with Crippen molar-refractivity contribution in [2.45, 2.75) is 84.8 Å². The zero-order valence-corrected chi connectivity index (χ0v) is 15.0. The number of aliphatic hydroxyl groups excluding tert-OH is 1. The molecule has 1 aliphatic rings. The monoisotopic (exact) mass is 306 g/mol. The normalized spacial score (nSPS) is 29.5. The molecule has 2 N–H and O–H groups in total. The van der Waals surface area contributed by atoms with E-state index in [-0.39, 0.29) is 0 Å². The van der Waals surface area contributed by atoms with Gasteiger partial charge in [-0.15, -0.1) is 0 Å². The Morgan fingerprint density at radius 1 is 1.09 bits per heavy atom. The standard InChI is InChI=1S/C20H34O2/c1-15(2)18-11-9-16(3)7-6-8-17(4)10-12-19(21)20(5,22)14-13-18/h8-9,11,15,19,21-22H,6-7,10,12-14H2,1-5H3. The molecular formula is C20H34O2. The molecule has 0 aromatic rings. The first-order valence-corrected chi connectivity index (χ1v) is 8.64. The number of aliphatic hydroxyl groups is 2. The van der Waals surface area contributed by atoms with Crippen molar-refractivity contribution in [3.8, 4) is 0 Å². The maximum Gasteiger partial charge on any atom is 0.0880 e. The molecule has 2 heteroatoms. The molecule has 22 heavy (non-hydrogen) atoms. The Morgan fingerprint density at radius 3 is 2.41 bits per heavy atom. The Kier molecular flexibility index (Phi) is 7.58. The van der Waals surface area contributed by atoms with Gasteiger partial charge in [-0.1, -0.05) is 48.8 Å². The molecule has 0 aromatic heterocycles. The van der Waals surface area contributed by atoms with Gasteiger partial charge < -0.3 is 10.2 Å². The number of rotatable bonds is 1. The van der Waals surface area contributed by atoms with E-state index in [0.29, 0.717) is 18.8 Å². The van der Waals surface area contributed by atoms with Crippen molar-refractivity contribution in [2.24, 2.45) is 5.92 Å². The summed E-state index contributed by atoms with van der Waals surface area (Å²) in [7, 11) is 0. The number of allylic oxidation sites excluding steroid dienone is 6. The second kappa shape index (κ2) is 8.69. The molecule has 0 saturated heterocycles. The van der Waals surface area contributed by atoms with E-state index in [0.717, 1.165) is 25.7 Å². The van der Waals surface area contributed by atoms with Crippen LogP contribution in [0, 0.1) is 5.92 Å². The number of hydrogen-bond acceptors (Lipinski definition) is 2. The van der Waals surface area contributed by atoms with Crippen LogP contribution in [0.2, 0.25) is 0 Å². The second-order valence-electron chi connectivity index (χ2n) is 7.41. The fraction of sp³-hybridized carbons (Fsp3) is 0.700. The van der Waals surface area contributed by atoms with Gasteiger partial charge in [-0.3, -0.25) is 0 Å². The lowest BCUT2D eigenvalue weighted by Crippen LogP contribution is -2.39. The average molecular weight is 306 g/mol. The summed E-state index contributed by atoms with van der Waals surface area (Å²) in [6.45, 7) is 10.4. The zero-order chi connectivity index (χ0) is 16.8. The summed E-state index contributed by atoms with van der Waals surface area (Å²) in [5.41, 5.74) is 3.02. The molecule has 2 nitrogen and oxygen atoms in total. The van der Waals surface area contributed by atoms with Gasteiger partial charge in [0, 0.05) is 0 Å². The highest BCUT2D eigenvalue weighted by atomic mass is 16.3. The van der Waals surface area contributed by atoms with Gasteiger partial charge in [0.2, 0.25) is 0 Å². The Hall–Kier alpha value is -0.860. The van der Waals surface area contributed by atoms with E-state index in [1.165, 1.54) is 16.7 Å². The molecule has 1 rings (SSSR count). The van der Waals surface area contributed by atoms with Crippen LogP contribution in [-0.2, 0) is 0 Å².